The minimum absolute atomic E-state index is 0.0495. The minimum Gasteiger partial charge on any atom is -0.488 e. The van der Waals surface area contributed by atoms with Gasteiger partial charge in [0.1, 0.15) is 12.4 Å². The van der Waals surface area contributed by atoms with Crippen LogP contribution in [0.25, 0.3) is 0 Å². The maximum Gasteiger partial charge on any atom is 0.238 e. The highest BCUT2D eigenvalue weighted by Gasteiger charge is 2.11. The quantitative estimate of drug-likeness (QED) is 0.898. The van der Waals surface area contributed by atoms with E-state index in [1.165, 1.54) is 17.7 Å². The van der Waals surface area contributed by atoms with Crippen molar-refractivity contribution in [2.24, 2.45) is 5.14 Å². The van der Waals surface area contributed by atoms with E-state index in [2.05, 4.69) is 28.1 Å². The van der Waals surface area contributed by atoms with Gasteiger partial charge in [-0.3, -0.25) is 0 Å². The minimum atomic E-state index is -3.71. The molecule has 112 valence electrons. The van der Waals surface area contributed by atoms with E-state index in [0.717, 1.165) is 11.1 Å². The highest BCUT2D eigenvalue weighted by atomic mass is 79.9. The molecule has 0 aromatic heterocycles. The van der Waals surface area contributed by atoms with E-state index in [-0.39, 0.29) is 4.90 Å². The Morgan fingerprint density at radius 3 is 2.48 bits per heavy atom. The number of primary sulfonamides is 1. The molecule has 0 atom stereocenters. The summed E-state index contributed by atoms with van der Waals surface area (Å²) in [6, 6.07) is 10.6. The summed E-state index contributed by atoms with van der Waals surface area (Å²) in [7, 11) is -3.71. The molecule has 0 amide bonds. The fourth-order valence-corrected chi connectivity index (χ4v) is 3.07. The van der Waals surface area contributed by atoms with Crippen molar-refractivity contribution in [3.8, 4) is 5.75 Å². The molecule has 0 aliphatic heterocycles. The van der Waals surface area contributed by atoms with Crippen LogP contribution >= 0.6 is 15.9 Å². The first-order chi connectivity index (χ1) is 9.77. The fourth-order valence-electron chi connectivity index (χ4n) is 1.89. The molecule has 2 rings (SSSR count). The van der Waals surface area contributed by atoms with Gasteiger partial charge in [-0.05, 0) is 59.1 Å². The standard InChI is InChI=1S/C15H16BrNO3S/c1-10-3-4-11(2)12(7-10)9-20-15-6-5-13(8-14(15)16)21(17,18)19/h3-8H,9H2,1-2H3,(H2,17,18,19). The lowest BCUT2D eigenvalue weighted by molar-refractivity contribution is 0.303. The normalized spacial score (nSPS) is 11.4. The van der Waals surface area contributed by atoms with Gasteiger partial charge in [0.05, 0.1) is 9.37 Å². The maximum atomic E-state index is 11.3. The van der Waals surface area contributed by atoms with Crippen LogP contribution in [-0.4, -0.2) is 8.42 Å². The van der Waals surface area contributed by atoms with Gasteiger partial charge < -0.3 is 4.74 Å². The van der Waals surface area contributed by atoms with Gasteiger partial charge in [-0.25, -0.2) is 13.6 Å². The van der Waals surface area contributed by atoms with Crippen molar-refractivity contribution >= 4 is 26.0 Å². The molecule has 0 saturated heterocycles. The lowest BCUT2D eigenvalue weighted by Crippen LogP contribution is -2.12. The number of rotatable bonds is 4. The highest BCUT2D eigenvalue weighted by Crippen LogP contribution is 2.28. The number of hydrogen-bond acceptors (Lipinski definition) is 3. The van der Waals surface area contributed by atoms with Crippen molar-refractivity contribution in [1.29, 1.82) is 0 Å². The molecule has 0 unspecified atom stereocenters. The van der Waals surface area contributed by atoms with Crippen LogP contribution in [0.15, 0.2) is 45.8 Å². The number of hydrogen-bond donors (Lipinski definition) is 1. The summed E-state index contributed by atoms with van der Waals surface area (Å²) in [4.78, 5) is 0.0495. The van der Waals surface area contributed by atoms with E-state index < -0.39 is 10.0 Å². The second kappa shape index (κ2) is 6.17. The molecule has 0 fully saturated rings. The molecule has 0 saturated carbocycles. The van der Waals surface area contributed by atoms with Gasteiger partial charge in [0, 0.05) is 0 Å². The van der Waals surface area contributed by atoms with Gasteiger partial charge in [0.15, 0.2) is 0 Å². The fraction of sp³-hybridized carbons (Fsp3) is 0.200. The summed E-state index contributed by atoms with van der Waals surface area (Å²) in [5.41, 5.74) is 3.41. The molecular formula is C15H16BrNO3S. The lowest BCUT2D eigenvalue weighted by Gasteiger charge is -2.11. The topological polar surface area (TPSA) is 69.4 Å². The number of halogens is 1. The second-order valence-electron chi connectivity index (χ2n) is 4.86. The average molecular weight is 370 g/mol. The number of aryl methyl sites for hydroxylation is 2. The molecule has 0 heterocycles. The number of sulfonamides is 1. The van der Waals surface area contributed by atoms with Crippen LogP contribution in [0.1, 0.15) is 16.7 Å². The monoisotopic (exact) mass is 369 g/mol. The van der Waals surface area contributed by atoms with E-state index in [1.54, 1.807) is 6.07 Å². The first kappa shape index (κ1) is 16.0. The Labute approximate surface area is 133 Å². The molecule has 4 nitrogen and oxygen atoms in total. The Balaban J connectivity index is 2.19. The van der Waals surface area contributed by atoms with Gasteiger partial charge in [0.2, 0.25) is 10.0 Å². The van der Waals surface area contributed by atoms with E-state index in [0.29, 0.717) is 16.8 Å². The molecule has 0 spiro atoms. The molecule has 2 N–H and O–H groups in total. The van der Waals surface area contributed by atoms with E-state index in [4.69, 9.17) is 9.88 Å². The maximum absolute atomic E-state index is 11.3. The SMILES string of the molecule is Cc1ccc(C)c(COc2ccc(S(N)(=O)=O)cc2Br)c1. The van der Waals surface area contributed by atoms with Gasteiger partial charge >= 0.3 is 0 Å². The Hall–Kier alpha value is -1.37. The molecule has 2 aromatic rings. The predicted molar refractivity (Wildman–Crippen MR) is 85.8 cm³/mol. The van der Waals surface area contributed by atoms with E-state index in [9.17, 15) is 8.42 Å². The third kappa shape index (κ3) is 4.06. The van der Waals surface area contributed by atoms with Crippen molar-refractivity contribution in [3.63, 3.8) is 0 Å². The third-order valence-corrected chi connectivity index (χ3v) is 4.65. The average Bonchev–Trinajstić information content (AvgIpc) is 2.40. The van der Waals surface area contributed by atoms with Crippen LogP contribution in [0.2, 0.25) is 0 Å². The lowest BCUT2D eigenvalue weighted by atomic mass is 10.1. The molecular weight excluding hydrogens is 354 g/mol. The largest absolute Gasteiger partial charge is 0.488 e. The Kier molecular flexibility index (Phi) is 4.70. The van der Waals surface area contributed by atoms with Gasteiger partial charge in [-0.2, -0.15) is 0 Å². The van der Waals surface area contributed by atoms with Crippen LogP contribution < -0.4 is 9.88 Å². The first-order valence-corrected chi connectivity index (χ1v) is 8.62. The summed E-state index contributed by atoms with van der Waals surface area (Å²) < 4.78 is 28.8. The molecule has 0 bridgehead atoms. The Morgan fingerprint density at radius 1 is 1.14 bits per heavy atom. The molecule has 6 heteroatoms. The van der Waals surface area contributed by atoms with Crippen LogP contribution in [0.4, 0.5) is 0 Å². The van der Waals surface area contributed by atoms with Crippen LogP contribution in [0.3, 0.4) is 0 Å². The zero-order chi connectivity index (χ0) is 15.6. The Morgan fingerprint density at radius 2 is 1.86 bits per heavy atom. The van der Waals surface area contributed by atoms with Crippen LogP contribution in [0.5, 0.6) is 5.75 Å². The first-order valence-electron chi connectivity index (χ1n) is 6.28. The van der Waals surface area contributed by atoms with Crippen LogP contribution in [-0.2, 0) is 16.6 Å². The molecule has 21 heavy (non-hydrogen) atoms. The smallest absolute Gasteiger partial charge is 0.238 e. The van der Waals surface area contributed by atoms with Crippen molar-refractivity contribution in [2.45, 2.75) is 25.3 Å². The molecule has 2 aromatic carbocycles. The number of ether oxygens (including phenoxy) is 1. The van der Waals surface area contributed by atoms with Gasteiger partial charge in [-0.1, -0.05) is 23.8 Å². The zero-order valence-electron chi connectivity index (χ0n) is 11.8. The van der Waals surface area contributed by atoms with Gasteiger partial charge in [0.25, 0.3) is 0 Å². The summed E-state index contributed by atoms with van der Waals surface area (Å²) in [5, 5.41) is 5.09. The predicted octanol–water partition coefficient (Wildman–Crippen LogP) is 3.29. The van der Waals surface area contributed by atoms with Crippen molar-refractivity contribution < 1.29 is 13.2 Å². The molecule has 0 aliphatic carbocycles. The van der Waals surface area contributed by atoms with Crippen LogP contribution in [0, 0.1) is 13.8 Å². The summed E-state index contributed by atoms with van der Waals surface area (Å²) >= 11 is 3.30. The van der Waals surface area contributed by atoms with Gasteiger partial charge in [-0.15, -0.1) is 0 Å². The van der Waals surface area contributed by atoms with E-state index >= 15 is 0 Å². The zero-order valence-corrected chi connectivity index (χ0v) is 14.2. The third-order valence-electron chi connectivity index (χ3n) is 3.12. The number of benzene rings is 2. The van der Waals surface area contributed by atoms with Crippen molar-refractivity contribution in [2.75, 3.05) is 0 Å². The second-order valence-corrected chi connectivity index (χ2v) is 7.27. The Bertz CT molecular complexity index is 772. The summed E-state index contributed by atoms with van der Waals surface area (Å²) in [5.74, 6) is 0.573. The summed E-state index contributed by atoms with van der Waals surface area (Å²) in [6.07, 6.45) is 0. The summed E-state index contributed by atoms with van der Waals surface area (Å²) in [6.45, 7) is 4.47. The highest BCUT2D eigenvalue weighted by molar-refractivity contribution is 9.10. The van der Waals surface area contributed by atoms with Crippen molar-refractivity contribution in [1.82, 2.24) is 0 Å². The van der Waals surface area contributed by atoms with E-state index in [1.807, 2.05) is 19.9 Å². The van der Waals surface area contributed by atoms with Crippen molar-refractivity contribution in [3.05, 3.63) is 57.6 Å². The number of nitrogens with two attached hydrogens (primary N) is 1. The molecule has 0 aliphatic rings. The molecule has 0 radical (unpaired) electrons.